The van der Waals surface area contributed by atoms with E-state index < -0.39 is 0 Å². The van der Waals surface area contributed by atoms with Crippen LogP contribution in [-0.4, -0.2) is 55.4 Å². The maximum Gasteiger partial charge on any atom is 0.254 e. The van der Waals surface area contributed by atoms with E-state index in [-0.39, 0.29) is 17.7 Å². The van der Waals surface area contributed by atoms with Crippen LogP contribution in [0.1, 0.15) is 15.9 Å². The Morgan fingerprint density at radius 1 is 0.969 bits per heavy atom. The molecular weight excluding hydrogens is 400 g/mol. The lowest BCUT2D eigenvalue weighted by atomic mass is 9.91. The third kappa shape index (κ3) is 4.67. The van der Waals surface area contributed by atoms with Gasteiger partial charge in [0.1, 0.15) is 5.75 Å². The van der Waals surface area contributed by atoms with Crippen molar-refractivity contribution >= 4 is 11.8 Å². The zero-order valence-electron chi connectivity index (χ0n) is 18.5. The van der Waals surface area contributed by atoms with Gasteiger partial charge in [-0.1, -0.05) is 60.7 Å². The molecule has 0 N–H and O–H groups in total. The minimum atomic E-state index is -0.304. The molecule has 0 saturated carbocycles. The first-order chi connectivity index (χ1) is 15.6. The highest BCUT2D eigenvalue weighted by Gasteiger charge is 2.31. The SMILES string of the molecule is COc1cccc(C(=O)N2CCN(C)C(=O)C(Cc3ccccc3-c3ccccc3)C2)c1. The normalized spacial score (nSPS) is 16.6. The molecule has 4 rings (SSSR count). The van der Waals surface area contributed by atoms with Gasteiger partial charge < -0.3 is 14.5 Å². The predicted octanol–water partition coefficient (Wildman–Crippen LogP) is 4.14. The van der Waals surface area contributed by atoms with Crippen molar-refractivity contribution in [3.8, 4) is 16.9 Å². The topological polar surface area (TPSA) is 49.9 Å². The van der Waals surface area contributed by atoms with E-state index >= 15 is 0 Å². The van der Waals surface area contributed by atoms with E-state index in [9.17, 15) is 9.59 Å². The first-order valence-corrected chi connectivity index (χ1v) is 10.9. The van der Waals surface area contributed by atoms with Crippen molar-refractivity contribution in [3.63, 3.8) is 0 Å². The quantitative estimate of drug-likeness (QED) is 0.614. The number of carbonyl (C=O) groups is 2. The molecule has 0 aliphatic carbocycles. The fraction of sp³-hybridized carbons (Fsp3) is 0.259. The molecule has 1 saturated heterocycles. The van der Waals surface area contributed by atoms with Crippen LogP contribution in [0.3, 0.4) is 0 Å². The molecule has 0 spiro atoms. The fourth-order valence-corrected chi connectivity index (χ4v) is 4.27. The number of hydrogen-bond donors (Lipinski definition) is 0. The molecule has 1 fully saturated rings. The minimum absolute atomic E-state index is 0.0756. The summed E-state index contributed by atoms with van der Waals surface area (Å²) in [5, 5.41) is 0. The molecule has 0 aromatic heterocycles. The molecular formula is C27H28N2O3. The Morgan fingerprint density at radius 3 is 2.50 bits per heavy atom. The molecule has 5 nitrogen and oxygen atoms in total. The average molecular weight is 429 g/mol. The highest BCUT2D eigenvalue weighted by atomic mass is 16.5. The monoisotopic (exact) mass is 428 g/mol. The Labute approximate surface area is 189 Å². The maximum atomic E-state index is 13.3. The van der Waals surface area contributed by atoms with E-state index in [4.69, 9.17) is 4.74 Å². The third-order valence-corrected chi connectivity index (χ3v) is 6.04. The van der Waals surface area contributed by atoms with Crippen molar-refractivity contribution in [2.75, 3.05) is 33.8 Å². The standard InChI is InChI=1S/C27H28N2O3/c1-28-15-16-29(27(31)22-12-8-13-24(18-22)32-2)19-23(26(28)30)17-21-11-6-7-14-25(21)20-9-4-3-5-10-20/h3-14,18,23H,15-17,19H2,1-2H3. The average Bonchev–Trinajstić information content (AvgIpc) is 2.98. The molecule has 3 aromatic carbocycles. The summed E-state index contributed by atoms with van der Waals surface area (Å²) >= 11 is 0. The highest BCUT2D eigenvalue weighted by molar-refractivity contribution is 5.95. The molecule has 2 amide bonds. The van der Waals surface area contributed by atoms with Crippen molar-refractivity contribution in [1.82, 2.24) is 9.80 Å². The second-order valence-corrected chi connectivity index (χ2v) is 8.17. The Morgan fingerprint density at radius 2 is 1.72 bits per heavy atom. The maximum absolute atomic E-state index is 13.3. The van der Waals surface area contributed by atoms with Gasteiger partial charge in [0.05, 0.1) is 13.0 Å². The van der Waals surface area contributed by atoms with Crippen molar-refractivity contribution in [2.45, 2.75) is 6.42 Å². The summed E-state index contributed by atoms with van der Waals surface area (Å²) in [4.78, 5) is 30.0. The molecule has 1 aliphatic rings. The van der Waals surface area contributed by atoms with E-state index in [1.165, 1.54) is 0 Å². The van der Waals surface area contributed by atoms with Gasteiger partial charge in [-0.05, 0) is 41.3 Å². The van der Waals surface area contributed by atoms with Gasteiger partial charge in [-0.2, -0.15) is 0 Å². The Hall–Kier alpha value is -3.60. The number of likely N-dealkylation sites (N-methyl/N-ethyl adjacent to an activating group) is 1. The van der Waals surface area contributed by atoms with Gasteiger partial charge in [0.2, 0.25) is 5.91 Å². The van der Waals surface area contributed by atoms with Crippen molar-refractivity contribution < 1.29 is 14.3 Å². The molecule has 5 heteroatoms. The smallest absolute Gasteiger partial charge is 0.254 e. The second-order valence-electron chi connectivity index (χ2n) is 8.17. The third-order valence-electron chi connectivity index (χ3n) is 6.04. The zero-order valence-corrected chi connectivity index (χ0v) is 18.5. The van der Waals surface area contributed by atoms with Crippen LogP contribution in [0.25, 0.3) is 11.1 Å². The largest absolute Gasteiger partial charge is 0.497 e. The number of rotatable bonds is 5. The van der Waals surface area contributed by atoms with E-state index in [0.29, 0.717) is 37.4 Å². The summed E-state index contributed by atoms with van der Waals surface area (Å²) in [7, 11) is 3.40. The number of benzene rings is 3. The minimum Gasteiger partial charge on any atom is -0.497 e. The summed E-state index contributed by atoms with van der Waals surface area (Å²) in [6, 6.07) is 25.6. The highest BCUT2D eigenvalue weighted by Crippen LogP contribution is 2.27. The van der Waals surface area contributed by atoms with Crippen LogP contribution >= 0.6 is 0 Å². The summed E-state index contributed by atoms with van der Waals surface area (Å²) in [5.41, 5.74) is 3.94. The molecule has 0 bridgehead atoms. The molecule has 32 heavy (non-hydrogen) atoms. The van der Waals surface area contributed by atoms with E-state index in [1.807, 2.05) is 49.5 Å². The lowest BCUT2D eigenvalue weighted by Gasteiger charge is -2.24. The number of nitrogens with zero attached hydrogens (tertiary/aromatic N) is 2. The summed E-state index contributed by atoms with van der Waals surface area (Å²) in [5.74, 6) is 0.344. The lowest BCUT2D eigenvalue weighted by Crippen LogP contribution is -2.37. The van der Waals surface area contributed by atoms with Crippen LogP contribution in [0.2, 0.25) is 0 Å². The number of methoxy groups -OCH3 is 1. The van der Waals surface area contributed by atoms with Gasteiger partial charge in [0, 0.05) is 32.2 Å². The molecule has 3 aromatic rings. The molecule has 1 aliphatic heterocycles. The van der Waals surface area contributed by atoms with Gasteiger partial charge in [0.15, 0.2) is 0 Å². The molecule has 164 valence electrons. The van der Waals surface area contributed by atoms with Gasteiger partial charge >= 0.3 is 0 Å². The first-order valence-electron chi connectivity index (χ1n) is 10.9. The number of carbonyl (C=O) groups excluding carboxylic acids is 2. The van der Waals surface area contributed by atoms with E-state index in [0.717, 1.165) is 16.7 Å². The van der Waals surface area contributed by atoms with Gasteiger partial charge in [-0.3, -0.25) is 9.59 Å². The van der Waals surface area contributed by atoms with Crippen LogP contribution in [0.15, 0.2) is 78.9 Å². The van der Waals surface area contributed by atoms with Crippen molar-refractivity contribution in [2.24, 2.45) is 5.92 Å². The second kappa shape index (κ2) is 9.69. The first kappa shape index (κ1) is 21.6. The summed E-state index contributed by atoms with van der Waals surface area (Å²) < 4.78 is 5.27. The van der Waals surface area contributed by atoms with Crippen LogP contribution in [0.5, 0.6) is 5.75 Å². The zero-order chi connectivity index (χ0) is 22.5. The fourth-order valence-electron chi connectivity index (χ4n) is 4.27. The van der Waals surface area contributed by atoms with Gasteiger partial charge in [0.25, 0.3) is 5.91 Å². The molecule has 1 heterocycles. The predicted molar refractivity (Wildman–Crippen MR) is 126 cm³/mol. The van der Waals surface area contributed by atoms with Gasteiger partial charge in [-0.25, -0.2) is 0 Å². The Bertz CT molecular complexity index is 1100. The lowest BCUT2D eigenvalue weighted by molar-refractivity contribution is -0.133. The van der Waals surface area contributed by atoms with Crippen LogP contribution in [0, 0.1) is 5.92 Å². The molecule has 1 unspecified atom stereocenters. The molecule has 1 atom stereocenters. The van der Waals surface area contributed by atoms with E-state index in [2.05, 4.69) is 24.3 Å². The van der Waals surface area contributed by atoms with Crippen LogP contribution in [0.4, 0.5) is 0 Å². The Kier molecular flexibility index (Phi) is 6.55. The van der Waals surface area contributed by atoms with Gasteiger partial charge in [-0.15, -0.1) is 0 Å². The van der Waals surface area contributed by atoms with Crippen molar-refractivity contribution in [3.05, 3.63) is 90.0 Å². The number of hydrogen-bond acceptors (Lipinski definition) is 3. The van der Waals surface area contributed by atoms with E-state index in [1.54, 1.807) is 29.0 Å². The number of ether oxygens (including phenoxy) is 1. The van der Waals surface area contributed by atoms with Crippen LogP contribution < -0.4 is 4.74 Å². The van der Waals surface area contributed by atoms with Crippen LogP contribution in [-0.2, 0) is 11.2 Å². The number of amides is 2. The van der Waals surface area contributed by atoms with Crippen molar-refractivity contribution in [1.29, 1.82) is 0 Å². The summed E-state index contributed by atoms with van der Waals surface area (Å²) in [6.07, 6.45) is 0.579. The molecule has 0 radical (unpaired) electrons. The summed E-state index contributed by atoms with van der Waals surface area (Å²) in [6.45, 7) is 1.42. The Balaban J connectivity index is 1.61.